The van der Waals surface area contributed by atoms with Crippen LogP contribution in [0.15, 0.2) is 79.0 Å². The number of anilines is 1. The van der Waals surface area contributed by atoms with Crippen LogP contribution in [0.2, 0.25) is 0 Å². The molecule has 1 aliphatic heterocycles. The van der Waals surface area contributed by atoms with Crippen molar-refractivity contribution in [3.05, 3.63) is 101 Å². The zero-order valence-corrected chi connectivity index (χ0v) is 19.1. The summed E-state index contributed by atoms with van der Waals surface area (Å²) in [6.45, 7) is 2.62. The fourth-order valence-corrected chi connectivity index (χ4v) is 4.59. The average molecular weight is 453 g/mol. The van der Waals surface area contributed by atoms with Gasteiger partial charge in [-0.3, -0.25) is 9.59 Å². The van der Waals surface area contributed by atoms with Gasteiger partial charge in [-0.25, -0.2) is 0 Å². The normalized spacial score (nSPS) is 16.0. The van der Waals surface area contributed by atoms with E-state index in [-0.39, 0.29) is 17.9 Å². The second-order valence-corrected chi connectivity index (χ2v) is 8.89. The largest absolute Gasteiger partial charge is 0.361 e. The smallest absolute Gasteiger partial charge is 0.247 e. The standard InChI is InChI=1S/C28H28N4O2/c1-18-7-6-10-22(13-18)31-28(34)26(15-21-17-29-24-12-5-4-11-23(21)24)32-27(33)25-14-19-8-2-3-9-20(19)16-30-25/h2-13,17,25-26,29-30H,14-16H2,1H3,(H,31,34)(H,32,33)/t25-,26+/m1/s1. The van der Waals surface area contributed by atoms with E-state index < -0.39 is 6.04 Å². The van der Waals surface area contributed by atoms with E-state index in [0.717, 1.165) is 22.0 Å². The van der Waals surface area contributed by atoms with Gasteiger partial charge in [0.05, 0.1) is 6.04 Å². The van der Waals surface area contributed by atoms with Crippen LogP contribution in [-0.2, 0) is 29.0 Å². The molecule has 0 spiro atoms. The van der Waals surface area contributed by atoms with Crippen LogP contribution in [0, 0.1) is 6.92 Å². The van der Waals surface area contributed by atoms with Gasteiger partial charge in [0.25, 0.3) is 0 Å². The third kappa shape index (κ3) is 4.72. The second-order valence-electron chi connectivity index (χ2n) is 8.89. The van der Waals surface area contributed by atoms with Crippen LogP contribution in [0.25, 0.3) is 10.9 Å². The maximum absolute atomic E-state index is 13.3. The number of carbonyl (C=O) groups excluding carboxylic acids is 2. The molecule has 6 nitrogen and oxygen atoms in total. The number of aromatic nitrogens is 1. The second kappa shape index (κ2) is 9.53. The summed E-state index contributed by atoms with van der Waals surface area (Å²) in [6.07, 6.45) is 2.90. The van der Waals surface area contributed by atoms with Gasteiger partial charge >= 0.3 is 0 Å². The van der Waals surface area contributed by atoms with Crippen LogP contribution in [-0.4, -0.2) is 28.9 Å². The van der Waals surface area contributed by atoms with E-state index in [9.17, 15) is 9.59 Å². The predicted octanol–water partition coefficient (Wildman–Crippen LogP) is 3.86. The van der Waals surface area contributed by atoms with Gasteiger partial charge in [-0.1, -0.05) is 54.6 Å². The summed E-state index contributed by atoms with van der Waals surface area (Å²) in [5.41, 5.74) is 6.14. The zero-order valence-electron chi connectivity index (χ0n) is 19.1. The maximum Gasteiger partial charge on any atom is 0.247 e. The third-order valence-electron chi connectivity index (χ3n) is 6.42. The van der Waals surface area contributed by atoms with E-state index in [1.165, 1.54) is 11.1 Å². The number of carbonyl (C=O) groups is 2. The molecule has 172 valence electrons. The first kappa shape index (κ1) is 21.9. The minimum atomic E-state index is -0.716. The summed E-state index contributed by atoms with van der Waals surface area (Å²) in [4.78, 5) is 29.9. The summed E-state index contributed by atoms with van der Waals surface area (Å²) in [5, 5.41) is 10.4. The number of aryl methyl sites for hydroxylation is 1. The van der Waals surface area contributed by atoms with Crippen LogP contribution in [0.5, 0.6) is 0 Å². The Kier molecular flexibility index (Phi) is 6.14. The first-order valence-electron chi connectivity index (χ1n) is 11.6. The molecule has 2 amide bonds. The molecule has 0 aliphatic carbocycles. The Balaban J connectivity index is 1.37. The summed E-state index contributed by atoms with van der Waals surface area (Å²) < 4.78 is 0. The van der Waals surface area contributed by atoms with E-state index in [4.69, 9.17) is 0 Å². The van der Waals surface area contributed by atoms with Crippen molar-refractivity contribution in [2.24, 2.45) is 0 Å². The number of benzene rings is 3. The van der Waals surface area contributed by atoms with Gasteiger partial charge in [0.1, 0.15) is 6.04 Å². The number of hydrogen-bond acceptors (Lipinski definition) is 3. The maximum atomic E-state index is 13.3. The Morgan fingerprint density at radius 3 is 2.65 bits per heavy atom. The topological polar surface area (TPSA) is 86.0 Å². The number of aromatic amines is 1. The molecule has 4 aromatic rings. The highest BCUT2D eigenvalue weighted by molar-refractivity contribution is 5.98. The van der Waals surface area contributed by atoms with E-state index in [1.54, 1.807) is 0 Å². The number of nitrogens with one attached hydrogen (secondary N) is 4. The fourth-order valence-electron chi connectivity index (χ4n) is 4.59. The highest BCUT2D eigenvalue weighted by Gasteiger charge is 2.29. The van der Waals surface area contributed by atoms with Crippen LogP contribution in [0.3, 0.4) is 0 Å². The number of amides is 2. The van der Waals surface area contributed by atoms with Gasteiger partial charge in [-0.15, -0.1) is 0 Å². The number of fused-ring (bicyclic) bond motifs is 2. The van der Waals surface area contributed by atoms with Crippen molar-refractivity contribution in [3.63, 3.8) is 0 Å². The number of H-pyrrole nitrogens is 1. The van der Waals surface area contributed by atoms with Crippen LogP contribution in [0.1, 0.15) is 22.3 Å². The first-order chi connectivity index (χ1) is 16.6. The van der Waals surface area contributed by atoms with Gasteiger partial charge in [0.2, 0.25) is 11.8 Å². The lowest BCUT2D eigenvalue weighted by atomic mass is 9.95. The molecule has 0 saturated heterocycles. The van der Waals surface area contributed by atoms with Gasteiger partial charge < -0.3 is 20.9 Å². The molecule has 2 atom stereocenters. The van der Waals surface area contributed by atoms with Crippen molar-refractivity contribution < 1.29 is 9.59 Å². The lowest BCUT2D eigenvalue weighted by molar-refractivity contribution is -0.128. The SMILES string of the molecule is Cc1cccc(NC(=O)[C@H](Cc2c[nH]c3ccccc23)NC(=O)[C@H]2Cc3ccccc3CN2)c1. The van der Waals surface area contributed by atoms with Crippen molar-refractivity contribution in [2.45, 2.75) is 38.4 Å². The molecular formula is C28H28N4O2. The van der Waals surface area contributed by atoms with E-state index in [0.29, 0.717) is 25.1 Å². The molecule has 3 aromatic carbocycles. The Labute approximate surface area is 198 Å². The van der Waals surface area contributed by atoms with Crippen LogP contribution >= 0.6 is 0 Å². The van der Waals surface area contributed by atoms with Crippen molar-refractivity contribution >= 4 is 28.4 Å². The molecule has 6 heteroatoms. The van der Waals surface area contributed by atoms with Gasteiger partial charge in [-0.05, 0) is 53.8 Å². The van der Waals surface area contributed by atoms with E-state index in [1.807, 2.05) is 73.8 Å². The van der Waals surface area contributed by atoms with Crippen molar-refractivity contribution in [3.8, 4) is 0 Å². The van der Waals surface area contributed by atoms with Crippen molar-refractivity contribution in [1.29, 1.82) is 0 Å². The average Bonchev–Trinajstić information content (AvgIpc) is 3.26. The van der Waals surface area contributed by atoms with Crippen molar-refractivity contribution in [2.75, 3.05) is 5.32 Å². The monoisotopic (exact) mass is 452 g/mol. The zero-order chi connectivity index (χ0) is 23.5. The lowest BCUT2D eigenvalue weighted by Crippen LogP contribution is -2.53. The number of hydrogen-bond donors (Lipinski definition) is 4. The van der Waals surface area contributed by atoms with Crippen molar-refractivity contribution in [1.82, 2.24) is 15.6 Å². The molecule has 1 aromatic heterocycles. The number of rotatable bonds is 6. The fraction of sp³-hybridized carbons (Fsp3) is 0.214. The molecule has 2 heterocycles. The quantitative estimate of drug-likeness (QED) is 0.358. The minimum absolute atomic E-state index is 0.168. The Morgan fingerprint density at radius 2 is 1.79 bits per heavy atom. The minimum Gasteiger partial charge on any atom is -0.361 e. The Hall–Kier alpha value is -3.90. The Morgan fingerprint density at radius 1 is 1.00 bits per heavy atom. The summed E-state index contributed by atoms with van der Waals surface area (Å²) in [7, 11) is 0. The highest BCUT2D eigenvalue weighted by Crippen LogP contribution is 2.21. The molecule has 0 saturated carbocycles. The molecule has 34 heavy (non-hydrogen) atoms. The summed E-state index contributed by atoms with van der Waals surface area (Å²) in [5.74, 6) is -0.404. The van der Waals surface area contributed by atoms with Gasteiger partial charge in [-0.2, -0.15) is 0 Å². The van der Waals surface area contributed by atoms with E-state index >= 15 is 0 Å². The molecule has 0 fully saturated rings. The molecule has 0 unspecified atom stereocenters. The predicted molar refractivity (Wildman–Crippen MR) is 135 cm³/mol. The van der Waals surface area contributed by atoms with Crippen LogP contribution < -0.4 is 16.0 Å². The van der Waals surface area contributed by atoms with Gasteiger partial charge in [0, 0.05) is 35.8 Å². The first-order valence-corrected chi connectivity index (χ1v) is 11.6. The third-order valence-corrected chi connectivity index (χ3v) is 6.42. The van der Waals surface area contributed by atoms with Crippen LogP contribution in [0.4, 0.5) is 5.69 Å². The molecule has 0 bridgehead atoms. The molecular weight excluding hydrogens is 424 g/mol. The summed E-state index contributed by atoms with van der Waals surface area (Å²) >= 11 is 0. The van der Waals surface area contributed by atoms with Gasteiger partial charge in [0.15, 0.2) is 0 Å². The Bertz CT molecular complexity index is 1340. The molecule has 4 N–H and O–H groups in total. The molecule has 0 radical (unpaired) electrons. The summed E-state index contributed by atoms with van der Waals surface area (Å²) in [6, 6.07) is 22.7. The lowest BCUT2D eigenvalue weighted by Gasteiger charge is -2.27. The molecule has 5 rings (SSSR count). The molecule has 1 aliphatic rings. The highest BCUT2D eigenvalue weighted by atomic mass is 16.2. The van der Waals surface area contributed by atoms with E-state index in [2.05, 4.69) is 33.1 Å². The number of para-hydroxylation sites is 1.